The molecule has 7 aromatic carbocycles. The van der Waals surface area contributed by atoms with Crippen molar-refractivity contribution < 1.29 is 0 Å². The molecule has 0 radical (unpaired) electrons. The van der Waals surface area contributed by atoms with Gasteiger partial charge in [0.05, 0.1) is 20.6 Å². The Labute approximate surface area is 297 Å². The predicted octanol–water partition coefficient (Wildman–Crippen LogP) is 14.5. The van der Waals surface area contributed by atoms with Crippen molar-refractivity contribution in [1.82, 2.24) is 4.98 Å². The Balaban J connectivity index is 1.24. The van der Waals surface area contributed by atoms with Gasteiger partial charge in [-0.15, -0.1) is 45.3 Å². The molecule has 0 bridgehead atoms. The van der Waals surface area contributed by atoms with E-state index in [0.717, 1.165) is 33.1 Å². The van der Waals surface area contributed by atoms with Crippen LogP contribution in [-0.2, 0) is 0 Å². The molecule has 0 aliphatic heterocycles. The van der Waals surface area contributed by atoms with E-state index in [1.54, 1.807) is 11.3 Å². The van der Waals surface area contributed by atoms with Crippen molar-refractivity contribution in [2.24, 2.45) is 0 Å². The Morgan fingerprint density at radius 2 is 1.00 bits per heavy atom. The second kappa shape index (κ2) is 10.7. The summed E-state index contributed by atoms with van der Waals surface area (Å²) in [5.41, 5.74) is 5.64. The molecule has 230 valence electrons. The number of nitrogens with zero attached hydrogens (tertiary/aromatic N) is 2. The van der Waals surface area contributed by atoms with Crippen LogP contribution in [0.1, 0.15) is 0 Å². The molecule has 6 heteroatoms. The van der Waals surface area contributed by atoms with Crippen molar-refractivity contribution in [2.45, 2.75) is 0 Å². The van der Waals surface area contributed by atoms with E-state index < -0.39 is 0 Å². The molecule has 49 heavy (non-hydrogen) atoms. The lowest BCUT2D eigenvalue weighted by atomic mass is 10.1. The first kappa shape index (κ1) is 27.8. The SMILES string of the molecule is c1ccc(-c2nc3cc(N(c4ccc5c(c4)sc4ccccc45)c4ccc5sc6ccccc6c5c4)c4sc5ccccc5c4c3s2)cc1. The van der Waals surface area contributed by atoms with Crippen LogP contribution in [-0.4, -0.2) is 4.98 Å². The van der Waals surface area contributed by atoms with Crippen LogP contribution >= 0.6 is 45.3 Å². The average molecular weight is 697 g/mol. The van der Waals surface area contributed by atoms with E-state index in [-0.39, 0.29) is 0 Å². The molecule has 0 atom stereocenters. The first-order chi connectivity index (χ1) is 24.3. The number of anilines is 3. The fourth-order valence-electron chi connectivity index (χ4n) is 7.26. The number of rotatable bonds is 4. The first-order valence-electron chi connectivity index (χ1n) is 16.2. The second-order valence-electron chi connectivity index (χ2n) is 12.3. The third-order valence-electron chi connectivity index (χ3n) is 9.48. The molecule has 0 fully saturated rings. The summed E-state index contributed by atoms with van der Waals surface area (Å²) in [4.78, 5) is 7.79. The minimum absolute atomic E-state index is 1.03. The maximum atomic E-state index is 5.31. The van der Waals surface area contributed by atoms with Crippen LogP contribution in [0, 0.1) is 0 Å². The van der Waals surface area contributed by atoms with Gasteiger partial charge in [-0.3, -0.25) is 0 Å². The summed E-state index contributed by atoms with van der Waals surface area (Å²) in [6.45, 7) is 0. The van der Waals surface area contributed by atoms with Crippen molar-refractivity contribution in [3.63, 3.8) is 0 Å². The fourth-order valence-corrected chi connectivity index (χ4v) is 11.9. The maximum absolute atomic E-state index is 5.31. The summed E-state index contributed by atoms with van der Waals surface area (Å²) in [7, 11) is 0. The number of thiophene rings is 3. The Morgan fingerprint density at radius 1 is 0.408 bits per heavy atom. The second-order valence-corrected chi connectivity index (χ2v) is 16.5. The number of fused-ring (bicyclic) bond motifs is 11. The van der Waals surface area contributed by atoms with E-state index in [1.165, 1.54) is 65.2 Å². The molecule has 4 heterocycles. The van der Waals surface area contributed by atoms with Crippen LogP contribution < -0.4 is 4.90 Å². The Hall–Kier alpha value is -5.11. The number of hydrogen-bond acceptors (Lipinski definition) is 6. The molecule has 0 saturated carbocycles. The van der Waals surface area contributed by atoms with Gasteiger partial charge in [0, 0.05) is 72.8 Å². The van der Waals surface area contributed by atoms with Crippen LogP contribution in [0.15, 0.2) is 146 Å². The zero-order valence-corrected chi connectivity index (χ0v) is 29.1. The van der Waals surface area contributed by atoms with Gasteiger partial charge in [0.25, 0.3) is 0 Å². The highest BCUT2D eigenvalue weighted by atomic mass is 32.1. The zero-order valence-electron chi connectivity index (χ0n) is 25.9. The summed E-state index contributed by atoms with van der Waals surface area (Å²) >= 11 is 7.41. The van der Waals surface area contributed by atoms with E-state index in [1.807, 2.05) is 34.0 Å². The van der Waals surface area contributed by atoms with E-state index in [9.17, 15) is 0 Å². The molecule has 0 N–H and O–H groups in total. The number of hydrogen-bond donors (Lipinski definition) is 0. The molecule has 0 unspecified atom stereocenters. The van der Waals surface area contributed by atoms with E-state index >= 15 is 0 Å². The van der Waals surface area contributed by atoms with Crippen molar-refractivity contribution in [2.75, 3.05) is 4.90 Å². The highest BCUT2D eigenvalue weighted by molar-refractivity contribution is 7.29. The van der Waals surface area contributed by atoms with Crippen LogP contribution in [0.2, 0.25) is 0 Å². The molecular weight excluding hydrogens is 673 g/mol. The normalized spacial score (nSPS) is 12.1. The minimum atomic E-state index is 1.03. The van der Waals surface area contributed by atoms with Gasteiger partial charge in [-0.2, -0.15) is 0 Å². The highest BCUT2D eigenvalue weighted by Gasteiger charge is 2.24. The predicted molar refractivity (Wildman–Crippen MR) is 218 cm³/mol. The van der Waals surface area contributed by atoms with Crippen molar-refractivity contribution in [3.05, 3.63) is 146 Å². The molecule has 0 spiro atoms. The molecule has 0 amide bonds. The van der Waals surface area contributed by atoms with Crippen LogP contribution in [0.5, 0.6) is 0 Å². The zero-order chi connectivity index (χ0) is 32.1. The quantitative estimate of drug-likeness (QED) is 0.182. The van der Waals surface area contributed by atoms with Crippen LogP contribution in [0.4, 0.5) is 17.1 Å². The third kappa shape index (κ3) is 4.25. The summed E-state index contributed by atoms with van der Waals surface area (Å²) in [5.74, 6) is 0. The molecule has 11 aromatic rings. The molecule has 0 aliphatic rings. The third-order valence-corrected chi connectivity index (χ3v) is 14.1. The lowest BCUT2D eigenvalue weighted by molar-refractivity contribution is 1.32. The summed E-state index contributed by atoms with van der Waals surface area (Å²) < 4.78 is 9.05. The topological polar surface area (TPSA) is 16.1 Å². The van der Waals surface area contributed by atoms with Gasteiger partial charge in [-0.05, 0) is 54.6 Å². The molecule has 4 aromatic heterocycles. The van der Waals surface area contributed by atoms with Gasteiger partial charge in [-0.1, -0.05) is 91.0 Å². The van der Waals surface area contributed by atoms with Gasteiger partial charge in [0.15, 0.2) is 0 Å². The van der Waals surface area contributed by atoms with Crippen molar-refractivity contribution in [3.8, 4) is 10.6 Å². The van der Waals surface area contributed by atoms with Crippen molar-refractivity contribution in [1.29, 1.82) is 0 Å². The van der Waals surface area contributed by atoms with Gasteiger partial charge < -0.3 is 4.90 Å². The van der Waals surface area contributed by atoms with E-state index in [4.69, 9.17) is 4.98 Å². The largest absolute Gasteiger partial charge is 0.309 e. The van der Waals surface area contributed by atoms with Gasteiger partial charge in [-0.25, -0.2) is 4.98 Å². The number of thiazole rings is 1. The van der Waals surface area contributed by atoms with Crippen LogP contribution in [0.25, 0.3) is 81.3 Å². The monoisotopic (exact) mass is 696 g/mol. The first-order valence-corrected chi connectivity index (χ1v) is 19.5. The average Bonchev–Trinajstić information content (AvgIpc) is 3.93. The fraction of sp³-hybridized carbons (Fsp3) is 0. The molecule has 11 rings (SSSR count). The van der Waals surface area contributed by atoms with Gasteiger partial charge in [0.1, 0.15) is 5.01 Å². The number of benzene rings is 7. The lowest BCUT2D eigenvalue weighted by Crippen LogP contribution is -2.10. The minimum Gasteiger partial charge on any atom is -0.309 e. The maximum Gasteiger partial charge on any atom is 0.124 e. The summed E-state index contributed by atoms with van der Waals surface area (Å²) in [5, 5.41) is 8.85. The summed E-state index contributed by atoms with van der Waals surface area (Å²) in [6.07, 6.45) is 0. The Morgan fingerprint density at radius 3 is 1.80 bits per heavy atom. The smallest absolute Gasteiger partial charge is 0.124 e. The summed E-state index contributed by atoms with van der Waals surface area (Å²) in [6, 6.07) is 53.3. The Kier molecular flexibility index (Phi) is 6.07. The molecule has 0 aliphatic carbocycles. The standard InChI is InChI=1S/C43H24N2S4/c1-2-10-25(11-3-1)43-44-33-24-34(42-40(41(33)49-43)31-14-6-9-17-37(31)48-42)45(26-19-21-38-32(22-26)29-13-5-8-16-36(29)46-38)27-18-20-30-28-12-4-7-15-35(28)47-39(30)23-27/h1-24H. The van der Waals surface area contributed by atoms with Crippen LogP contribution in [0.3, 0.4) is 0 Å². The van der Waals surface area contributed by atoms with Crippen molar-refractivity contribution >= 4 is 133 Å². The van der Waals surface area contributed by atoms with E-state index in [0.29, 0.717) is 0 Å². The van der Waals surface area contributed by atoms with E-state index in [2.05, 4.69) is 150 Å². The molecule has 0 saturated heterocycles. The molecular formula is C43H24N2S4. The van der Waals surface area contributed by atoms with Gasteiger partial charge >= 0.3 is 0 Å². The molecule has 2 nitrogen and oxygen atoms in total. The number of aromatic nitrogens is 1. The Bertz CT molecular complexity index is 3070. The lowest BCUT2D eigenvalue weighted by Gasteiger charge is -2.26. The van der Waals surface area contributed by atoms with Gasteiger partial charge in [0.2, 0.25) is 0 Å². The highest BCUT2D eigenvalue weighted by Crippen LogP contribution is 2.51.